The van der Waals surface area contributed by atoms with Crippen LogP contribution in [0.25, 0.3) is 11.2 Å². The molecule has 0 bridgehead atoms. The lowest BCUT2D eigenvalue weighted by molar-refractivity contribution is -0.152. The van der Waals surface area contributed by atoms with Crippen LogP contribution in [0.1, 0.15) is 50.0 Å². The van der Waals surface area contributed by atoms with E-state index in [1.54, 1.807) is 18.4 Å². The quantitative estimate of drug-likeness (QED) is 0.150. The number of phosphoric ester groups is 1. The first-order valence-corrected chi connectivity index (χ1v) is 18.3. The maximum atomic E-state index is 12.7. The van der Waals surface area contributed by atoms with Crippen molar-refractivity contribution in [1.29, 1.82) is 0 Å². The number of hydrogen-bond acceptors (Lipinski definition) is 13. The molecule has 4 heterocycles. The van der Waals surface area contributed by atoms with Crippen molar-refractivity contribution in [2.24, 2.45) is 0 Å². The van der Waals surface area contributed by atoms with Crippen LogP contribution in [0.3, 0.4) is 0 Å². The van der Waals surface area contributed by atoms with Crippen LogP contribution in [-0.2, 0) is 41.1 Å². The zero-order valence-corrected chi connectivity index (χ0v) is 26.7. The van der Waals surface area contributed by atoms with Crippen molar-refractivity contribution in [2.75, 3.05) is 12.3 Å². The molecule has 20 heteroatoms. The number of hydrogen-bond donors (Lipinski definition) is 4. The number of unbranched alkanes of at least 4 members (excludes halogenated alkanes) is 2. The van der Waals surface area contributed by atoms with Gasteiger partial charge in [-0.3, -0.25) is 13.7 Å². The van der Waals surface area contributed by atoms with Crippen LogP contribution in [0.5, 0.6) is 0 Å². The molecule has 44 heavy (non-hydrogen) atoms. The highest BCUT2D eigenvalue weighted by Gasteiger charge is 2.54. The summed E-state index contributed by atoms with van der Waals surface area (Å²) in [5.41, 5.74) is 8.02. The van der Waals surface area contributed by atoms with E-state index in [1.165, 1.54) is 30.9 Å². The second kappa shape index (κ2) is 13.0. The zero-order chi connectivity index (χ0) is 31.9. The summed E-state index contributed by atoms with van der Waals surface area (Å²) >= 11 is 0. The van der Waals surface area contributed by atoms with Gasteiger partial charge in [0.05, 0.1) is 18.2 Å². The topological polar surface area (TPSA) is 237 Å². The number of nitrogen functional groups attached to an aromatic ring is 1. The molecule has 0 spiro atoms. The lowest BCUT2D eigenvalue weighted by Crippen LogP contribution is -2.31. The van der Waals surface area contributed by atoms with Crippen molar-refractivity contribution in [3.8, 4) is 0 Å². The van der Waals surface area contributed by atoms with E-state index in [1.807, 2.05) is 0 Å². The number of aromatic nitrogens is 4. The number of ether oxygens (including phenoxy) is 3. The monoisotopic (exact) mass is 677 g/mol. The van der Waals surface area contributed by atoms with Gasteiger partial charge in [0.25, 0.3) is 0 Å². The number of fused-ring (bicyclic) bond motifs is 2. The average Bonchev–Trinajstić information content (AvgIpc) is 3.62. The Balaban J connectivity index is 1.29. The summed E-state index contributed by atoms with van der Waals surface area (Å²) in [6.45, 7) is 4.83. The van der Waals surface area contributed by atoms with Gasteiger partial charge in [-0.15, -0.1) is 0 Å². The van der Waals surface area contributed by atoms with Gasteiger partial charge >= 0.3 is 23.2 Å². The molecule has 2 aliphatic rings. The molecule has 1 aromatic carbocycles. The molecule has 0 amide bonds. The highest BCUT2D eigenvalue weighted by atomic mass is 31.3. The molecule has 8 atom stereocenters. The van der Waals surface area contributed by atoms with E-state index in [-0.39, 0.29) is 11.1 Å². The van der Waals surface area contributed by atoms with Gasteiger partial charge in [-0.1, -0.05) is 25.8 Å². The van der Waals surface area contributed by atoms with Crippen LogP contribution in [-0.4, -0.2) is 65.4 Å². The maximum Gasteiger partial charge on any atom is 0.488 e. The number of rotatable bonds is 13. The highest BCUT2D eigenvalue weighted by molar-refractivity contribution is 7.71. The Labute approximate surface area is 252 Å². The van der Waals surface area contributed by atoms with Crippen molar-refractivity contribution in [1.82, 2.24) is 19.5 Å². The van der Waals surface area contributed by atoms with Crippen LogP contribution in [0.2, 0.25) is 0 Å². The number of aryl methyl sites for hydroxylation is 2. The van der Waals surface area contributed by atoms with Gasteiger partial charge in [-0.2, -0.15) is 4.31 Å². The molecule has 5 unspecified atom stereocenters. The van der Waals surface area contributed by atoms with Gasteiger partial charge in [-0.25, -0.2) is 28.4 Å². The van der Waals surface area contributed by atoms with Crippen molar-refractivity contribution in [3.05, 3.63) is 42.0 Å². The predicted molar refractivity (Wildman–Crippen MR) is 154 cm³/mol. The van der Waals surface area contributed by atoms with E-state index in [9.17, 15) is 28.4 Å². The largest absolute Gasteiger partial charge is 0.488 e. The first-order chi connectivity index (χ1) is 20.7. The van der Waals surface area contributed by atoms with E-state index in [4.69, 9.17) is 24.5 Å². The van der Waals surface area contributed by atoms with E-state index < -0.39 is 60.7 Å². The molecule has 5 N–H and O–H groups in total. The minimum Gasteiger partial charge on any atom is -0.382 e. The second-order valence-corrected chi connectivity index (χ2v) is 15.5. The Morgan fingerprint density at radius 2 is 1.70 bits per heavy atom. The molecule has 17 nitrogen and oxygen atoms in total. The maximum absolute atomic E-state index is 12.7. The Morgan fingerprint density at radius 3 is 2.43 bits per heavy atom. The van der Waals surface area contributed by atoms with Crippen molar-refractivity contribution < 1.29 is 55.7 Å². The van der Waals surface area contributed by atoms with Crippen LogP contribution >= 0.6 is 23.2 Å². The smallest absolute Gasteiger partial charge is 0.382 e. The van der Waals surface area contributed by atoms with Gasteiger partial charge in [0, 0.05) is 0 Å². The summed E-state index contributed by atoms with van der Waals surface area (Å²) in [6.07, 6.45) is 2.11. The first-order valence-electron chi connectivity index (χ1n) is 13.7. The van der Waals surface area contributed by atoms with E-state index in [2.05, 4.69) is 30.5 Å². The van der Waals surface area contributed by atoms with Crippen LogP contribution in [0.4, 0.5) is 5.82 Å². The van der Waals surface area contributed by atoms with E-state index in [0.29, 0.717) is 23.1 Å². The van der Waals surface area contributed by atoms with Crippen molar-refractivity contribution in [3.63, 3.8) is 0 Å². The Morgan fingerprint density at radius 1 is 0.955 bits per heavy atom. The van der Waals surface area contributed by atoms with E-state index >= 15 is 0 Å². The Bertz CT molecular complexity index is 1660. The molecule has 0 saturated carbocycles. The summed E-state index contributed by atoms with van der Waals surface area (Å²) in [4.78, 5) is 43.1. The molecular formula is C24H34N5O12P3. The molecule has 5 rings (SSSR count). The van der Waals surface area contributed by atoms with Gasteiger partial charge < -0.3 is 34.6 Å². The summed E-state index contributed by atoms with van der Waals surface area (Å²) in [5.74, 6) is 0.156. The van der Waals surface area contributed by atoms with Crippen molar-refractivity contribution in [2.45, 2.75) is 77.3 Å². The molecule has 2 fully saturated rings. The van der Waals surface area contributed by atoms with Gasteiger partial charge in [0.15, 0.2) is 24.0 Å². The van der Waals surface area contributed by atoms with Gasteiger partial charge in [-0.05, 0) is 49.9 Å². The summed E-state index contributed by atoms with van der Waals surface area (Å²) < 4.78 is 71.6. The normalized spacial score (nSPS) is 27.5. The molecule has 0 aliphatic carbocycles. The third kappa shape index (κ3) is 7.31. The molecule has 2 saturated heterocycles. The Hall–Kier alpha value is -2.10. The van der Waals surface area contributed by atoms with Gasteiger partial charge in [0.1, 0.15) is 30.2 Å². The summed E-state index contributed by atoms with van der Waals surface area (Å²) in [7, 11) is -15.9. The molecular weight excluding hydrogens is 643 g/mol. The summed E-state index contributed by atoms with van der Waals surface area (Å²) in [5, 5.41) is -0.311. The number of nitrogens with two attached hydrogens (primary N) is 1. The highest BCUT2D eigenvalue weighted by Crippen LogP contribution is 2.67. The van der Waals surface area contributed by atoms with Crippen LogP contribution in [0, 0.1) is 13.8 Å². The second-order valence-electron chi connectivity index (χ2n) is 10.5. The average molecular weight is 677 g/mol. The number of imidazole rings is 1. The van der Waals surface area contributed by atoms with Crippen molar-refractivity contribution >= 4 is 45.5 Å². The van der Waals surface area contributed by atoms with Crippen LogP contribution < -0.4 is 11.0 Å². The first kappa shape index (κ1) is 33.3. The molecule has 2 aliphatic heterocycles. The summed E-state index contributed by atoms with van der Waals surface area (Å²) in [6, 6.07) is 4.03. The fourth-order valence-electron chi connectivity index (χ4n) is 4.94. The number of anilines is 1. The third-order valence-corrected chi connectivity index (χ3v) is 12.0. The fourth-order valence-corrected chi connectivity index (χ4v) is 9.01. The molecule has 3 aromatic rings. The van der Waals surface area contributed by atoms with Crippen LogP contribution in [0.15, 0.2) is 30.9 Å². The molecule has 0 radical (unpaired) electrons. The number of benzene rings is 1. The molecule has 242 valence electrons. The SMILES string of the molecule is CCCCCC1OC2[C@@H](COP(=O)(O)OP(=O)(O)OP(=O)(O)c3ccc(C)c(C)c3)O[C@@H](n3cnc4c(N)ncnc43)[C@H]2O1. The Kier molecular flexibility index (Phi) is 9.79. The van der Waals surface area contributed by atoms with E-state index in [0.717, 1.165) is 24.8 Å². The predicted octanol–water partition coefficient (Wildman–Crippen LogP) is 3.37. The minimum absolute atomic E-state index is 0.156. The lowest BCUT2D eigenvalue weighted by atomic mass is 10.1. The third-order valence-electron chi connectivity index (χ3n) is 7.25. The fraction of sp³-hybridized carbons (Fsp3) is 0.542. The number of nitrogens with zero attached hydrogens (tertiary/aromatic N) is 4. The van der Waals surface area contributed by atoms with Gasteiger partial charge in [0.2, 0.25) is 0 Å². The zero-order valence-electron chi connectivity index (χ0n) is 24.0. The number of phosphoric acid groups is 2. The standard InChI is InChI=1S/C24H34N5O12P3/c1-4-5-6-7-18-38-20-17(37-24(21(20)39-18)29-13-28-19-22(25)26-12-27-23(19)29)11-36-43(32,33)41-44(34,35)40-42(30,31)16-9-8-14(2)15(3)10-16/h8-10,12-13,17-18,20-21,24H,4-7,11H2,1-3H3,(H,30,31)(H,32,33)(H,34,35)(H2,25,26,27)/t17-,18?,20?,21+,24-/m1/s1. The molecule has 2 aromatic heterocycles. The minimum atomic E-state index is -5.61. The lowest BCUT2D eigenvalue weighted by Gasteiger charge is -2.22.